The molecule has 0 saturated heterocycles. The molecule has 8 heteroatoms. The van der Waals surface area contributed by atoms with Crippen LogP contribution in [0.2, 0.25) is 0 Å². The van der Waals surface area contributed by atoms with Gasteiger partial charge in [-0.1, -0.05) is 30.3 Å². The summed E-state index contributed by atoms with van der Waals surface area (Å²) in [4.78, 5) is 23.8. The smallest absolute Gasteiger partial charge is 0.255 e. The van der Waals surface area contributed by atoms with Crippen molar-refractivity contribution in [2.24, 2.45) is 0 Å². The van der Waals surface area contributed by atoms with Crippen molar-refractivity contribution in [2.75, 3.05) is 10.6 Å². The van der Waals surface area contributed by atoms with Crippen LogP contribution in [0.3, 0.4) is 0 Å². The van der Waals surface area contributed by atoms with Gasteiger partial charge in [-0.05, 0) is 42.5 Å². The van der Waals surface area contributed by atoms with Crippen molar-refractivity contribution in [3.05, 3.63) is 90.3 Å². The molecule has 0 atom stereocenters. The van der Waals surface area contributed by atoms with E-state index in [1.165, 1.54) is 6.92 Å². The zero-order valence-electron chi connectivity index (χ0n) is 17.2. The van der Waals surface area contributed by atoms with E-state index in [9.17, 15) is 9.59 Å². The summed E-state index contributed by atoms with van der Waals surface area (Å²) in [5.41, 5.74) is 2.37. The number of hydrogen-bond acceptors (Lipinski definition) is 6. The first-order valence-corrected chi connectivity index (χ1v) is 9.86. The van der Waals surface area contributed by atoms with E-state index in [0.29, 0.717) is 34.5 Å². The van der Waals surface area contributed by atoms with Crippen molar-refractivity contribution < 1.29 is 18.7 Å². The van der Waals surface area contributed by atoms with Gasteiger partial charge in [0.1, 0.15) is 5.75 Å². The topological polar surface area (TPSA) is 106 Å². The van der Waals surface area contributed by atoms with Crippen molar-refractivity contribution in [2.45, 2.75) is 13.5 Å². The van der Waals surface area contributed by atoms with Crippen LogP contribution in [0, 0.1) is 0 Å². The maximum atomic E-state index is 12.6. The van der Waals surface area contributed by atoms with Crippen LogP contribution in [0.4, 0.5) is 11.4 Å². The fraction of sp³-hybridized carbons (Fsp3) is 0.0833. The first-order chi connectivity index (χ1) is 15.6. The molecule has 1 aromatic heterocycles. The van der Waals surface area contributed by atoms with E-state index in [0.717, 1.165) is 5.56 Å². The van der Waals surface area contributed by atoms with E-state index in [2.05, 4.69) is 20.8 Å². The zero-order valence-corrected chi connectivity index (χ0v) is 17.2. The molecule has 0 radical (unpaired) electrons. The van der Waals surface area contributed by atoms with Crippen molar-refractivity contribution in [3.63, 3.8) is 0 Å². The van der Waals surface area contributed by atoms with Gasteiger partial charge in [-0.15, -0.1) is 10.2 Å². The van der Waals surface area contributed by atoms with Crippen LogP contribution in [0.5, 0.6) is 5.75 Å². The lowest BCUT2D eigenvalue weighted by Crippen LogP contribution is -2.13. The van der Waals surface area contributed by atoms with Gasteiger partial charge in [0, 0.05) is 35.5 Å². The average Bonchev–Trinajstić information content (AvgIpc) is 3.27. The molecule has 0 fully saturated rings. The number of nitrogens with one attached hydrogen (secondary N) is 2. The molecule has 1 heterocycles. The second kappa shape index (κ2) is 9.57. The molecule has 2 N–H and O–H groups in total. The van der Waals surface area contributed by atoms with Gasteiger partial charge in [-0.2, -0.15) is 0 Å². The summed E-state index contributed by atoms with van der Waals surface area (Å²) in [5, 5.41) is 13.5. The largest absolute Gasteiger partial charge is 0.484 e. The minimum atomic E-state index is -0.307. The average molecular weight is 428 g/mol. The molecule has 3 aromatic carbocycles. The normalized spacial score (nSPS) is 10.4. The Kier molecular flexibility index (Phi) is 6.22. The molecule has 0 saturated carbocycles. The van der Waals surface area contributed by atoms with Crippen molar-refractivity contribution in [1.82, 2.24) is 10.2 Å². The third kappa shape index (κ3) is 5.37. The van der Waals surface area contributed by atoms with E-state index >= 15 is 0 Å². The summed E-state index contributed by atoms with van der Waals surface area (Å²) in [7, 11) is 0. The maximum absolute atomic E-state index is 12.6. The highest BCUT2D eigenvalue weighted by molar-refractivity contribution is 6.05. The lowest BCUT2D eigenvalue weighted by atomic mass is 10.2. The summed E-state index contributed by atoms with van der Waals surface area (Å²) in [6, 6.07) is 23.1. The quantitative estimate of drug-likeness (QED) is 0.448. The predicted octanol–water partition coefficient (Wildman–Crippen LogP) is 4.53. The van der Waals surface area contributed by atoms with Crippen molar-refractivity contribution >= 4 is 23.2 Å². The van der Waals surface area contributed by atoms with E-state index in [1.807, 2.05) is 30.3 Å². The third-order valence-electron chi connectivity index (χ3n) is 4.39. The number of nitrogens with zero attached hydrogens (tertiary/aromatic N) is 2. The Morgan fingerprint density at radius 1 is 0.875 bits per heavy atom. The summed E-state index contributed by atoms with van der Waals surface area (Å²) in [6.07, 6.45) is 0. The molecule has 8 nitrogen and oxygen atoms in total. The molecule has 32 heavy (non-hydrogen) atoms. The number of amides is 2. The Hall–Kier alpha value is -4.46. The molecule has 2 amide bonds. The van der Waals surface area contributed by atoms with E-state index < -0.39 is 0 Å². The first kappa shape index (κ1) is 20.8. The number of ether oxygens (including phenoxy) is 1. The molecule has 4 rings (SSSR count). The number of anilines is 2. The van der Waals surface area contributed by atoms with E-state index in [-0.39, 0.29) is 18.4 Å². The first-order valence-electron chi connectivity index (χ1n) is 9.86. The SMILES string of the molecule is CC(=O)Nc1cccc(C(=O)Nc2cccc(OCc3nnc(-c4ccccc4)o3)c2)c1. The fourth-order valence-corrected chi connectivity index (χ4v) is 2.96. The number of carbonyl (C=O) groups excluding carboxylic acids is 2. The monoisotopic (exact) mass is 428 g/mol. The van der Waals surface area contributed by atoms with Gasteiger partial charge in [0.15, 0.2) is 6.61 Å². The van der Waals surface area contributed by atoms with E-state index in [4.69, 9.17) is 9.15 Å². The van der Waals surface area contributed by atoms with Gasteiger partial charge < -0.3 is 19.8 Å². The van der Waals surface area contributed by atoms with Crippen LogP contribution in [0.25, 0.3) is 11.5 Å². The van der Waals surface area contributed by atoms with Gasteiger partial charge in [-0.25, -0.2) is 0 Å². The minimum absolute atomic E-state index is 0.0932. The molecule has 160 valence electrons. The van der Waals surface area contributed by atoms with Gasteiger partial charge in [0.25, 0.3) is 11.8 Å². The van der Waals surface area contributed by atoms with Crippen molar-refractivity contribution in [1.29, 1.82) is 0 Å². The Morgan fingerprint density at radius 3 is 2.41 bits per heavy atom. The number of aromatic nitrogens is 2. The summed E-state index contributed by atoms with van der Waals surface area (Å²) in [5.74, 6) is 0.789. The predicted molar refractivity (Wildman–Crippen MR) is 119 cm³/mol. The molecule has 0 aliphatic heterocycles. The van der Waals surface area contributed by atoms with Crippen LogP contribution < -0.4 is 15.4 Å². The Bertz CT molecular complexity index is 1240. The molecule has 0 spiro atoms. The van der Waals surface area contributed by atoms with Gasteiger partial charge in [0.2, 0.25) is 11.8 Å². The highest BCUT2D eigenvalue weighted by Crippen LogP contribution is 2.21. The molecule has 4 aromatic rings. The summed E-state index contributed by atoms with van der Waals surface area (Å²) < 4.78 is 11.4. The van der Waals surface area contributed by atoms with Crippen LogP contribution >= 0.6 is 0 Å². The van der Waals surface area contributed by atoms with Crippen LogP contribution in [-0.2, 0) is 11.4 Å². The van der Waals surface area contributed by atoms with Crippen molar-refractivity contribution in [3.8, 4) is 17.2 Å². The lowest BCUT2D eigenvalue weighted by Gasteiger charge is -2.09. The number of carbonyl (C=O) groups is 2. The Balaban J connectivity index is 1.38. The number of hydrogen-bond donors (Lipinski definition) is 2. The highest BCUT2D eigenvalue weighted by atomic mass is 16.5. The highest BCUT2D eigenvalue weighted by Gasteiger charge is 2.10. The number of benzene rings is 3. The maximum Gasteiger partial charge on any atom is 0.255 e. The van der Waals surface area contributed by atoms with Gasteiger partial charge in [0.05, 0.1) is 0 Å². The van der Waals surface area contributed by atoms with E-state index in [1.54, 1.807) is 48.5 Å². The molecule has 0 aliphatic rings. The summed E-state index contributed by atoms with van der Waals surface area (Å²) in [6.45, 7) is 1.50. The molecule has 0 bridgehead atoms. The minimum Gasteiger partial charge on any atom is -0.484 e. The third-order valence-corrected chi connectivity index (χ3v) is 4.39. The molecular weight excluding hydrogens is 408 g/mol. The number of rotatable bonds is 7. The van der Waals surface area contributed by atoms with Gasteiger partial charge >= 0.3 is 0 Å². The van der Waals surface area contributed by atoms with Crippen LogP contribution in [0.15, 0.2) is 83.3 Å². The second-order valence-corrected chi connectivity index (χ2v) is 6.90. The standard InChI is InChI=1S/C24H20N4O4/c1-16(29)25-19-10-5-9-18(13-19)23(30)26-20-11-6-12-21(14-20)31-15-22-27-28-24(32-22)17-7-3-2-4-8-17/h2-14H,15H2,1H3,(H,25,29)(H,26,30). The lowest BCUT2D eigenvalue weighted by molar-refractivity contribution is -0.114. The zero-order chi connectivity index (χ0) is 22.3. The fourth-order valence-electron chi connectivity index (χ4n) is 2.96. The Morgan fingerprint density at radius 2 is 1.62 bits per heavy atom. The molecule has 0 aliphatic carbocycles. The molecule has 0 unspecified atom stereocenters. The van der Waals surface area contributed by atoms with Gasteiger partial charge in [-0.3, -0.25) is 9.59 Å². The molecular formula is C24H20N4O4. The second-order valence-electron chi connectivity index (χ2n) is 6.90. The Labute approximate surface area is 184 Å². The van der Waals surface area contributed by atoms with Crippen LogP contribution in [-0.4, -0.2) is 22.0 Å². The van der Waals surface area contributed by atoms with Crippen LogP contribution in [0.1, 0.15) is 23.2 Å². The summed E-state index contributed by atoms with van der Waals surface area (Å²) >= 11 is 0.